The monoisotopic (exact) mass is 457 g/mol. The molecule has 0 atom stereocenters. The summed E-state index contributed by atoms with van der Waals surface area (Å²) in [6, 6.07) is 13.3. The summed E-state index contributed by atoms with van der Waals surface area (Å²) in [5, 5.41) is 8.36. The number of hydrogen-bond acceptors (Lipinski definition) is 7. The summed E-state index contributed by atoms with van der Waals surface area (Å²) in [5.74, 6) is 0.882. The van der Waals surface area contributed by atoms with E-state index < -0.39 is 0 Å². The van der Waals surface area contributed by atoms with Crippen LogP contribution >= 0.6 is 0 Å². The molecule has 2 aromatic heterocycles. The van der Waals surface area contributed by atoms with Crippen molar-refractivity contribution in [3.63, 3.8) is 0 Å². The predicted molar refractivity (Wildman–Crippen MR) is 134 cm³/mol. The third-order valence-corrected chi connectivity index (χ3v) is 5.27. The number of benzene rings is 2. The molecule has 34 heavy (non-hydrogen) atoms. The standard InChI is InChI=1S/C25H27N7O2/c1-16-10-11-17(13-20(16)34-4)23-22-24(26)27-15-28-25(22)32(30-23)19-8-5-7-18(14-19)29-21(33)9-6-12-31(2)3/h5-11,13-15H,12H2,1-4H3,(H,29,33)(H2,26,27,28)/b9-6+. The molecule has 0 aliphatic heterocycles. The van der Waals surface area contributed by atoms with Crippen molar-refractivity contribution < 1.29 is 9.53 Å². The number of nitrogens with one attached hydrogen (secondary N) is 1. The lowest BCUT2D eigenvalue weighted by molar-refractivity contribution is -0.111. The summed E-state index contributed by atoms with van der Waals surface area (Å²) >= 11 is 0. The molecule has 2 aromatic carbocycles. The highest BCUT2D eigenvalue weighted by atomic mass is 16.5. The highest BCUT2D eigenvalue weighted by Crippen LogP contribution is 2.34. The quantitative estimate of drug-likeness (QED) is 0.409. The zero-order valence-electron chi connectivity index (χ0n) is 19.6. The molecule has 0 spiro atoms. The number of likely N-dealkylation sites (N-methyl/N-ethyl adjacent to an activating group) is 1. The third kappa shape index (κ3) is 4.74. The van der Waals surface area contributed by atoms with Gasteiger partial charge in [0.25, 0.3) is 0 Å². The van der Waals surface area contributed by atoms with Crippen molar-refractivity contribution in [3.8, 4) is 22.7 Å². The highest BCUT2D eigenvalue weighted by molar-refractivity contribution is 6.00. The second kappa shape index (κ2) is 9.72. The van der Waals surface area contributed by atoms with Crippen molar-refractivity contribution in [2.45, 2.75) is 6.92 Å². The van der Waals surface area contributed by atoms with Gasteiger partial charge in [-0.2, -0.15) is 5.10 Å². The summed E-state index contributed by atoms with van der Waals surface area (Å²) in [6.07, 6.45) is 4.74. The second-order valence-electron chi connectivity index (χ2n) is 8.11. The fourth-order valence-electron chi connectivity index (χ4n) is 3.59. The minimum Gasteiger partial charge on any atom is -0.496 e. The van der Waals surface area contributed by atoms with Crippen molar-refractivity contribution >= 4 is 28.4 Å². The Hall–Kier alpha value is -4.24. The fourth-order valence-corrected chi connectivity index (χ4v) is 3.59. The van der Waals surface area contributed by atoms with Gasteiger partial charge in [-0.3, -0.25) is 4.79 Å². The minimum atomic E-state index is -0.205. The molecular formula is C25H27N7O2. The lowest BCUT2D eigenvalue weighted by Crippen LogP contribution is -2.13. The number of carbonyl (C=O) groups excluding carboxylic acids is 1. The topological polar surface area (TPSA) is 111 Å². The summed E-state index contributed by atoms with van der Waals surface area (Å²) in [4.78, 5) is 22.9. The first-order chi connectivity index (χ1) is 16.4. The Labute approximate surface area is 197 Å². The van der Waals surface area contributed by atoms with Gasteiger partial charge in [0, 0.05) is 23.9 Å². The van der Waals surface area contributed by atoms with Gasteiger partial charge >= 0.3 is 0 Å². The number of aromatic nitrogens is 4. The van der Waals surface area contributed by atoms with Gasteiger partial charge in [-0.15, -0.1) is 0 Å². The molecule has 0 bridgehead atoms. The number of rotatable bonds is 7. The summed E-state index contributed by atoms with van der Waals surface area (Å²) in [6.45, 7) is 2.66. The third-order valence-electron chi connectivity index (χ3n) is 5.27. The number of fused-ring (bicyclic) bond motifs is 1. The average molecular weight is 458 g/mol. The largest absolute Gasteiger partial charge is 0.496 e. The van der Waals surface area contributed by atoms with Gasteiger partial charge in [-0.1, -0.05) is 24.3 Å². The van der Waals surface area contributed by atoms with Crippen LogP contribution in [-0.2, 0) is 4.79 Å². The molecule has 2 heterocycles. The molecule has 4 rings (SSSR count). The van der Waals surface area contributed by atoms with E-state index in [1.807, 2.05) is 74.5 Å². The molecule has 0 radical (unpaired) electrons. The molecule has 0 aliphatic rings. The SMILES string of the molecule is COc1cc(-c2nn(-c3cccc(NC(=O)/C=C/CN(C)C)c3)c3ncnc(N)c23)ccc1C. The van der Waals surface area contributed by atoms with Crippen LogP contribution in [0.25, 0.3) is 28.0 Å². The predicted octanol–water partition coefficient (Wildman–Crippen LogP) is 3.44. The van der Waals surface area contributed by atoms with Crippen molar-refractivity contribution in [1.29, 1.82) is 0 Å². The van der Waals surface area contributed by atoms with E-state index in [4.69, 9.17) is 15.6 Å². The smallest absolute Gasteiger partial charge is 0.248 e. The Kier molecular flexibility index (Phi) is 6.55. The van der Waals surface area contributed by atoms with E-state index in [9.17, 15) is 4.79 Å². The molecule has 0 saturated heterocycles. The van der Waals surface area contributed by atoms with Crippen LogP contribution in [-0.4, -0.2) is 58.3 Å². The number of aryl methyl sites for hydroxylation is 1. The first-order valence-electron chi connectivity index (χ1n) is 10.7. The second-order valence-corrected chi connectivity index (χ2v) is 8.11. The van der Waals surface area contributed by atoms with Crippen LogP contribution in [0.1, 0.15) is 5.56 Å². The fraction of sp³-hybridized carbons (Fsp3) is 0.200. The molecule has 0 fully saturated rings. The van der Waals surface area contributed by atoms with Crippen molar-refractivity contribution in [2.75, 3.05) is 38.8 Å². The van der Waals surface area contributed by atoms with E-state index in [0.29, 0.717) is 34.8 Å². The molecular weight excluding hydrogens is 430 g/mol. The van der Waals surface area contributed by atoms with E-state index in [1.165, 1.54) is 12.4 Å². The van der Waals surface area contributed by atoms with E-state index in [2.05, 4.69) is 15.3 Å². The Morgan fingerprint density at radius 1 is 1.21 bits per heavy atom. The van der Waals surface area contributed by atoms with Crippen molar-refractivity contribution in [3.05, 3.63) is 66.5 Å². The van der Waals surface area contributed by atoms with Crippen LogP contribution in [0.3, 0.4) is 0 Å². The molecule has 0 saturated carbocycles. The van der Waals surface area contributed by atoms with Crippen LogP contribution in [0, 0.1) is 6.92 Å². The number of hydrogen-bond donors (Lipinski definition) is 2. The number of ether oxygens (including phenoxy) is 1. The molecule has 9 heteroatoms. The van der Waals surface area contributed by atoms with Crippen LogP contribution in [0.5, 0.6) is 5.75 Å². The van der Waals surface area contributed by atoms with Gasteiger partial charge in [0.2, 0.25) is 5.91 Å². The first-order valence-corrected chi connectivity index (χ1v) is 10.7. The molecule has 9 nitrogen and oxygen atoms in total. The normalized spacial score (nSPS) is 11.4. The maximum Gasteiger partial charge on any atom is 0.248 e. The van der Waals surface area contributed by atoms with Gasteiger partial charge in [-0.25, -0.2) is 14.6 Å². The number of amides is 1. The number of methoxy groups -OCH3 is 1. The first kappa shape index (κ1) is 22.9. The maximum absolute atomic E-state index is 12.3. The Morgan fingerprint density at radius 3 is 2.79 bits per heavy atom. The van der Waals surface area contributed by atoms with Crippen LogP contribution in [0.4, 0.5) is 11.5 Å². The van der Waals surface area contributed by atoms with E-state index >= 15 is 0 Å². The average Bonchev–Trinajstić information content (AvgIpc) is 3.20. The molecule has 0 unspecified atom stereocenters. The molecule has 0 aliphatic carbocycles. The van der Waals surface area contributed by atoms with E-state index in [0.717, 1.165) is 22.6 Å². The zero-order chi connectivity index (χ0) is 24.2. The number of nitrogens with zero attached hydrogens (tertiary/aromatic N) is 5. The lowest BCUT2D eigenvalue weighted by Gasteiger charge is -2.08. The minimum absolute atomic E-state index is 0.205. The van der Waals surface area contributed by atoms with Gasteiger partial charge < -0.3 is 20.7 Å². The van der Waals surface area contributed by atoms with E-state index in [1.54, 1.807) is 11.8 Å². The number of nitrogens with two attached hydrogens (primary N) is 1. The summed E-state index contributed by atoms with van der Waals surface area (Å²) < 4.78 is 7.19. The maximum atomic E-state index is 12.3. The van der Waals surface area contributed by atoms with Crippen molar-refractivity contribution in [1.82, 2.24) is 24.6 Å². The Balaban J connectivity index is 1.75. The lowest BCUT2D eigenvalue weighted by atomic mass is 10.1. The van der Waals surface area contributed by atoms with Crippen LogP contribution in [0.15, 0.2) is 60.9 Å². The molecule has 174 valence electrons. The molecule has 3 N–H and O–H groups in total. The van der Waals surface area contributed by atoms with E-state index in [-0.39, 0.29) is 5.91 Å². The van der Waals surface area contributed by atoms with Gasteiger partial charge in [-0.05, 0) is 50.8 Å². The number of anilines is 2. The Morgan fingerprint density at radius 2 is 2.03 bits per heavy atom. The molecule has 1 amide bonds. The Bertz CT molecular complexity index is 1380. The van der Waals surface area contributed by atoms with Crippen LogP contribution < -0.4 is 15.8 Å². The van der Waals surface area contributed by atoms with Crippen molar-refractivity contribution in [2.24, 2.45) is 0 Å². The van der Waals surface area contributed by atoms with Crippen LogP contribution in [0.2, 0.25) is 0 Å². The van der Waals surface area contributed by atoms with Gasteiger partial charge in [0.15, 0.2) is 5.65 Å². The molecule has 4 aromatic rings. The highest BCUT2D eigenvalue weighted by Gasteiger charge is 2.19. The number of carbonyl (C=O) groups is 1. The summed E-state index contributed by atoms with van der Waals surface area (Å²) in [7, 11) is 5.52. The van der Waals surface area contributed by atoms with Gasteiger partial charge in [0.1, 0.15) is 23.6 Å². The van der Waals surface area contributed by atoms with Gasteiger partial charge in [0.05, 0.1) is 18.2 Å². The summed E-state index contributed by atoms with van der Waals surface area (Å²) in [5.41, 5.74) is 10.7. The number of nitrogen functional groups attached to an aromatic ring is 1. The zero-order valence-corrected chi connectivity index (χ0v) is 19.6.